The number of ether oxygens (including phenoxy) is 1. The van der Waals surface area contributed by atoms with Gasteiger partial charge in [-0.15, -0.1) is 0 Å². The number of anilines is 1. The molecule has 3 N–H and O–H groups in total. The summed E-state index contributed by atoms with van der Waals surface area (Å²) < 4.78 is 5.16. The number of carbonyl (C=O) groups is 1. The Morgan fingerprint density at radius 1 is 1.50 bits per heavy atom. The maximum Gasteiger partial charge on any atom is 0.344 e. The number of hydrogen-bond donors (Lipinski definition) is 2. The molecule has 5 nitrogen and oxygen atoms in total. The van der Waals surface area contributed by atoms with Crippen molar-refractivity contribution in [2.75, 3.05) is 5.73 Å². The van der Waals surface area contributed by atoms with Gasteiger partial charge < -0.3 is 10.5 Å². The van der Waals surface area contributed by atoms with Gasteiger partial charge in [0.25, 0.3) is 0 Å². The number of esters is 1. The molecule has 0 bridgehead atoms. The highest BCUT2D eigenvalue weighted by Gasteiger charge is 2.23. The van der Waals surface area contributed by atoms with Crippen LogP contribution in [0.15, 0.2) is 0 Å². The number of hydrogen-bond acceptors (Lipinski definition) is 4. The van der Waals surface area contributed by atoms with E-state index in [2.05, 4.69) is 10.2 Å². The van der Waals surface area contributed by atoms with Crippen LogP contribution >= 0.6 is 0 Å². The lowest BCUT2D eigenvalue weighted by atomic mass is 10.2. The monoisotopic (exact) mass is 197 g/mol. The predicted molar refractivity (Wildman–Crippen MR) is 52.9 cm³/mol. The lowest BCUT2D eigenvalue weighted by Crippen LogP contribution is -2.24. The predicted octanol–water partition coefficient (Wildman–Crippen LogP) is 1.26. The van der Waals surface area contributed by atoms with Gasteiger partial charge in [0.1, 0.15) is 17.0 Å². The van der Waals surface area contributed by atoms with Gasteiger partial charge in [0.2, 0.25) is 0 Å². The fraction of sp³-hybridized carbons (Fsp3) is 0.556. The Morgan fingerprint density at radius 3 is 2.43 bits per heavy atom. The summed E-state index contributed by atoms with van der Waals surface area (Å²) in [7, 11) is 0. The second-order valence-corrected chi connectivity index (χ2v) is 4.10. The number of nitrogens with two attached hydrogens (primary N) is 1. The Balaban J connectivity index is 2.90. The van der Waals surface area contributed by atoms with Crippen LogP contribution < -0.4 is 5.73 Å². The zero-order valence-electron chi connectivity index (χ0n) is 8.84. The number of H-pyrrole nitrogens is 1. The Kier molecular flexibility index (Phi) is 2.51. The molecule has 1 aromatic heterocycles. The molecule has 0 radical (unpaired) electrons. The van der Waals surface area contributed by atoms with Gasteiger partial charge in [-0.25, -0.2) is 4.79 Å². The van der Waals surface area contributed by atoms with E-state index in [1.54, 1.807) is 27.7 Å². The zero-order chi connectivity index (χ0) is 10.9. The highest BCUT2D eigenvalue weighted by Crippen LogP contribution is 2.17. The minimum absolute atomic E-state index is 0.247. The van der Waals surface area contributed by atoms with Crippen LogP contribution in [-0.4, -0.2) is 21.8 Å². The first kappa shape index (κ1) is 10.6. The first-order chi connectivity index (χ1) is 6.31. The van der Waals surface area contributed by atoms with E-state index in [1.165, 1.54) is 0 Å². The molecule has 0 aliphatic rings. The summed E-state index contributed by atoms with van der Waals surface area (Å²) in [5.74, 6) is -0.196. The van der Waals surface area contributed by atoms with Gasteiger partial charge in [-0.1, -0.05) is 0 Å². The molecule has 1 rings (SSSR count). The van der Waals surface area contributed by atoms with Crippen molar-refractivity contribution in [3.63, 3.8) is 0 Å². The Hall–Kier alpha value is -1.52. The van der Waals surface area contributed by atoms with Crippen LogP contribution in [0.3, 0.4) is 0 Å². The summed E-state index contributed by atoms with van der Waals surface area (Å²) >= 11 is 0. The number of carbonyl (C=O) groups excluding carboxylic acids is 1. The molecule has 0 atom stereocenters. The topological polar surface area (TPSA) is 81.0 Å². The van der Waals surface area contributed by atoms with Gasteiger partial charge in [-0.2, -0.15) is 5.10 Å². The van der Waals surface area contributed by atoms with Crippen LogP contribution in [0, 0.1) is 6.92 Å². The lowest BCUT2D eigenvalue weighted by Gasteiger charge is -2.19. The summed E-state index contributed by atoms with van der Waals surface area (Å²) in [6.07, 6.45) is 0. The summed E-state index contributed by atoms with van der Waals surface area (Å²) in [6, 6.07) is 0. The second-order valence-electron chi connectivity index (χ2n) is 4.10. The number of rotatable bonds is 1. The lowest BCUT2D eigenvalue weighted by molar-refractivity contribution is 0.00701. The van der Waals surface area contributed by atoms with Crippen LogP contribution in [0.2, 0.25) is 0 Å². The van der Waals surface area contributed by atoms with Crippen molar-refractivity contribution in [3.8, 4) is 0 Å². The average Bonchev–Trinajstić information content (AvgIpc) is 2.27. The number of nitrogen functional groups attached to an aromatic ring is 1. The van der Waals surface area contributed by atoms with E-state index >= 15 is 0 Å². The molecule has 0 aliphatic carbocycles. The van der Waals surface area contributed by atoms with Crippen LogP contribution in [-0.2, 0) is 4.74 Å². The number of nitrogens with one attached hydrogen (secondary N) is 1. The van der Waals surface area contributed by atoms with Crippen LogP contribution in [0.1, 0.15) is 36.8 Å². The van der Waals surface area contributed by atoms with Crippen LogP contribution in [0.25, 0.3) is 0 Å². The maximum atomic E-state index is 11.6. The molecule has 0 saturated heterocycles. The van der Waals surface area contributed by atoms with Gasteiger partial charge in [-0.05, 0) is 27.7 Å². The Bertz CT molecular complexity index is 330. The van der Waals surface area contributed by atoms with E-state index in [0.717, 1.165) is 0 Å². The molecule has 0 aliphatic heterocycles. The quantitative estimate of drug-likeness (QED) is 0.664. The Labute approximate surface area is 82.6 Å². The molecule has 1 aromatic rings. The average molecular weight is 197 g/mol. The summed E-state index contributed by atoms with van der Waals surface area (Å²) in [5, 5.41) is 6.35. The van der Waals surface area contributed by atoms with Gasteiger partial charge >= 0.3 is 5.97 Å². The molecule has 0 spiro atoms. The molecular weight excluding hydrogens is 182 g/mol. The molecular formula is C9H15N3O2. The molecule has 0 fully saturated rings. The van der Waals surface area contributed by atoms with E-state index in [9.17, 15) is 4.79 Å². The third-order valence-electron chi connectivity index (χ3n) is 1.58. The number of aromatic nitrogens is 2. The highest BCUT2D eigenvalue weighted by atomic mass is 16.6. The zero-order valence-corrected chi connectivity index (χ0v) is 8.84. The molecule has 5 heteroatoms. The molecule has 78 valence electrons. The number of nitrogens with zero attached hydrogens (tertiary/aromatic N) is 1. The minimum Gasteiger partial charge on any atom is -0.456 e. The first-order valence-corrected chi connectivity index (χ1v) is 4.35. The molecule has 0 aromatic carbocycles. The summed E-state index contributed by atoms with van der Waals surface area (Å²) in [5.41, 5.74) is 5.89. The standard InChI is InChI=1S/C9H15N3O2/c1-5-6(7(10)12-11-5)8(13)14-9(2,3)4/h1-4H3,(H3,10,11,12). The van der Waals surface area contributed by atoms with Crippen molar-refractivity contribution in [1.29, 1.82) is 0 Å². The maximum absolute atomic E-state index is 11.6. The fourth-order valence-electron chi connectivity index (χ4n) is 1.04. The van der Waals surface area contributed by atoms with Crippen molar-refractivity contribution < 1.29 is 9.53 Å². The van der Waals surface area contributed by atoms with Gasteiger partial charge in [0.05, 0.1) is 5.69 Å². The third kappa shape index (κ3) is 2.25. The van der Waals surface area contributed by atoms with Crippen LogP contribution in [0.5, 0.6) is 0 Å². The molecule has 1 heterocycles. The number of aromatic amines is 1. The molecule has 0 saturated carbocycles. The SMILES string of the molecule is Cc1n[nH]c(N)c1C(=O)OC(C)(C)C. The normalized spacial score (nSPS) is 11.4. The van der Waals surface area contributed by atoms with E-state index < -0.39 is 11.6 Å². The Morgan fingerprint density at radius 2 is 2.07 bits per heavy atom. The number of aryl methyl sites for hydroxylation is 1. The van der Waals surface area contributed by atoms with E-state index in [4.69, 9.17) is 10.5 Å². The van der Waals surface area contributed by atoms with Crippen molar-refractivity contribution >= 4 is 11.8 Å². The van der Waals surface area contributed by atoms with Crippen molar-refractivity contribution in [2.24, 2.45) is 0 Å². The third-order valence-corrected chi connectivity index (χ3v) is 1.58. The summed E-state index contributed by atoms with van der Waals surface area (Å²) in [4.78, 5) is 11.6. The van der Waals surface area contributed by atoms with E-state index in [-0.39, 0.29) is 5.82 Å². The van der Waals surface area contributed by atoms with E-state index in [1.807, 2.05) is 0 Å². The van der Waals surface area contributed by atoms with E-state index in [0.29, 0.717) is 11.3 Å². The molecule has 0 amide bonds. The van der Waals surface area contributed by atoms with Gasteiger partial charge in [0, 0.05) is 0 Å². The van der Waals surface area contributed by atoms with Gasteiger partial charge in [0.15, 0.2) is 0 Å². The second kappa shape index (κ2) is 3.32. The molecule has 0 unspecified atom stereocenters. The fourth-order valence-corrected chi connectivity index (χ4v) is 1.04. The molecule has 14 heavy (non-hydrogen) atoms. The van der Waals surface area contributed by atoms with Crippen LogP contribution in [0.4, 0.5) is 5.82 Å². The summed E-state index contributed by atoms with van der Waals surface area (Å²) in [6.45, 7) is 7.11. The van der Waals surface area contributed by atoms with Crippen molar-refractivity contribution in [3.05, 3.63) is 11.3 Å². The van der Waals surface area contributed by atoms with Gasteiger partial charge in [-0.3, -0.25) is 5.10 Å². The highest BCUT2D eigenvalue weighted by molar-refractivity contribution is 5.95. The first-order valence-electron chi connectivity index (χ1n) is 4.35. The largest absolute Gasteiger partial charge is 0.456 e. The van der Waals surface area contributed by atoms with Crippen molar-refractivity contribution in [1.82, 2.24) is 10.2 Å². The minimum atomic E-state index is -0.521. The smallest absolute Gasteiger partial charge is 0.344 e. The van der Waals surface area contributed by atoms with Crippen molar-refractivity contribution in [2.45, 2.75) is 33.3 Å².